The lowest BCUT2D eigenvalue weighted by Gasteiger charge is -2.07. The highest BCUT2D eigenvalue weighted by Gasteiger charge is 2.18. The molecule has 0 saturated heterocycles. The number of carbonyl (C=O) groups is 1. The van der Waals surface area contributed by atoms with Crippen LogP contribution in [-0.2, 0) is 6.54 Å². The van der Waals surface area contributed by atoms with Crippen LogP contribution in [0.25, 0.3) is 16.9 Å². The zero-order chi connectivity index (χ0) is 20.1. The van der Waals surface area contributed by atoms with E-state index in [-0.39, 0.29) is 5.91 Å². The third-order valence-corrected chi connectivity index (χ3v) is 4.79. The number of nitrogens with zero attached hydrogens (tertiary/aromatic N) is 4. The van der Waals surface area contributed by atoms with Gasteiger partial charge in [0.05, 0.1) is 11.3 Å². The van der Waals surface area contributed by atoms with Gasteiger partial charge in [0.1, 0.15) is 5.69 Å². The number of benzene rings is 2. The minimum Gasteiger partial charge on any atom is -0.352 e. The van der Waals surface area contributed by atoms with Gasteiger partial charge in [-0.05, 0) is 31.5 Å². The molecule has 0 aliphatic carbocycles. The normalized spacial score (nSPS) is 10.8. The molecule has 29 heavy (non-hydrogen) atoms. The Labute approximate surface area is 169 Å². The fourth-order valence-corrected chi connectivity index (χ4v) is 3.22. The molecule has 0 unspecified atom stereocenters. The molecular weight excluding hydrogens is 362 g/mol. The van der Waals surface area contributed by atoms with E-state index in [0.29, 0.717) is 17.8 Å². The summed E-state index contributed by atoms with van der Waals surface area (Å²) in [6.45, 7) is 3.37. The zero-order valence-corrected chi connectivity index (χ0v) is 16.3. The van der Waals surface area contributed by atoms with Crippen LogP contribution in [0.3, 0.4) is 0 Å². The Kier molecular flexibility index (Phi) is 5.52. The van der Waals surface area contributed by atoms with Crippen LogP contribution in [0.15, 0.2) is 79.1 Å². The van der Waals surface area contributed by atoms with Gasteiger partial charge in [-0.25, -0.2) is 4.68 Å². The fraction of sp³-hybridized carbons (Fsp3) is 0.174. The van der Waals surface area contributed by atoms with Crippen molar-refractivity contribution >= 4 is 5.91 Å². The lowest BCUT2D eigenvalue weighted by atomic mass is 10.1. The number of hydrogen-bond donors (Lipinski definition) is 1. The van der Waals surface area contributed by atoms with Crippen LogP contribution in [0, 0.1) is 6.92 Å². The Hall–Kier alpha value is -3.67. The summed E-state index contributed by atoms with van der Waals surface area (Å²) in [6.07, 6.45) is 4.39. The van der Waals surface area contributed by atoms with Gasteiger partial charge in [0.15, 0.2) is 0 Å². The van der Waals surface area contributed by atoms with E-state index >= 15 is 0 Å². The van der Waals surface area contributed by atoms with Gasteiger partial charge in [-0.15, -0.1) is 0 Å². The van der Waals surface area contributed by atoms with Crippen LogP contribution in [0.1, 0.15) is 22.5 Å². The molecule has 0 radical (unpaired) electrons. The van der Waals surface area contributed by atoms with Crippen LogP contribution in [0.4, 0.5) is 0 Å². The third kappa shape index (κ3) is 4.27. The first kappa shape index (κ1) is 18.7. The predicted molar refractivity (Wildman–Crippen MR) is 113 cm³/mol. The summed E-state index contributed by atoms with van der Waals surface area (Å²) < 4.78 is 3.69. The van der Waals surface area contributed by atoms with E-state index in [1.807, 2.05) is 78.3 Å². The van der Waals surface area contributed by atoms with Gasteiger partial charge in [0.25, 0.3) is 5.91 Å². The topological polar surface area (TPSA) is 64.7 Å². The van der Waals surface area contributed by atoms with Crippen molar-refractivity contribution in [2.24, 2.45) is 0 Å². The Bertz CT molecular complexity index is 1080. The highest BCUT2D eigenvalue weighted by Crippen LogP contribution is 2.23. The molecule has 4 rings (SSSR count). The summed E-state index contributed by atoms with van der Waals surface area (Å²) in [5, 5.41) is 12.0. The average molecular weight is 385 g/mol. The molecule has 2 heterocycles. The molecular formula is C23H23N5O. The zero-order valence-electron chi connectivity index (χ0n) is 16.3. The van der Waals surface area contributed by atoms with Gasteiger partial charge in [0, 0.05) is 36.7 Å². The van der Waals surface area contributed by atoms with Crippen molar-refractivity contribution in [3.05, 3.63) is 90.4 Å². The van der Waals surface area contributed by atoms with Crippen molar-refractivity contribution in [1.29, 1.82) is 0 Å². The molecule has 0 bridgehead atoms. The molecule has 0 aliphatic rings. The second-order valence-electron chi connectivity index (χ2n) is 6.84. The standard InChI is InChI=1S/C23H23N5O/c1-18-13-15-25-27(18)16-8-14-24-23(29)21-17-28(20-11-6-3-7-12-20)26-22(21)19-9-4-2-5-10-19/h2-7,9-13,15,17H,8,14,16H2,1H3,(H,24,29). The maximum Gasteiger partial charge on any atom is 0.255 e. The smallest absolute Gasteiger partial charge is 0.255 e. The quantitative estimate of drug-likeness (QED) is 0.491. The van der Waals surface area contributed by atoms with Gasteiger partial charge in [-0.3, -0.25) is 9.48 Å². The van der Waals surface area contributed by atoms with E-state index in [0.717, 1.165) is 29.9 Å². The molecule has 146 valence electrons. The summed E-state index contributed by atoms with van der Waals surface area (Å²) in [7, 11) is 0. The van der Waals surface area contributed by atoms with Crippen molar-refractivity contribution in [1.82, 2.24) is 24.9 Å². The van der Waals surface area contributed by atoms with Gasteiger partial charge in [-0.1, -0.05) is 48.5 Å². The molecule has 0 spiro atoms. The molecule has 0 atom stereocenters. The number of rotatable bonds is 7. The molecule has 2 aromatic heterocycles. The maximum absolute atomic E-state index is 12.9. The fourth-order valence-electron chi connectivity index (χ4n) is 3.22. The first-order chi connectivity index (χ1) is 14.2. The number of hydrogen-bond acceptors (Lipinski definition) is 3. The van der Waals surface area contributed by atoms with Gasteiger partial charge in [-0.2, -0.15) is 10.2 Å². The van der Waals surface area contributed by atoms with Gasteiger partial charge >= 0.3 is 0 Å². The number of nitrogens with one attached hydrogen (secondary N) is 1. The van der Waals surface area contributed by atoms with E-state index < -0.39 is 0 Å². The Morgan fingerprint density at radius 3 is 2.41 bits per heavy atom. The molecule has 0 aliphatic heterocycles. The van der Waals surface area contributed by atoms with E-state index in [4.69, 9.17) is 5.10 Å². The van der Waals surface area contributed by atoms with Crippen molar-refractivity contribution in [3.8, 4) is 16.9 Å². The first-order valence-corrected chi connectivity index (χ1v) is 9.69. The SMILES string of the molecule is Cc1ccnn1CCCNC(=O)c1cn(-c2ccccc2)nc1-c1ccccc1. The van der Waals surface area contributed by atoms with Crippen molar-refractivity contribution in [2.75, 3.05) is 6.54 Å². The van der Waals surface area contributed by atoms with E-state index in [1.54, 1.807) is 17.1 Å². The molecule has 6 nitrogen and oxygen atoms in total. The minimum atomic E-state index is -0.122. The van der Waals surface area contributed by atoms with Crippen LogP contribution in [-0.4, -0.2) is 32.0 Å². The third-order valence-electron chi connectivity index (χ3n) is 4.79. The first-order valence-electron chi connectivity index (χ1n) is 9.69. The average Bonchev–Trinajstić information content (AvgIpc) is 3.39. The Morgan fingerprint density at radius 1 is 1.00 bits per heavy atom. The lowest BCUT2D eigenvalue weighted by Crippen LogP contribution is -2.25. The number of aryl methyl sites for hydroxylation is 2. The summed E-state index contributed by atoms with van der Waals surface area (Å²) in [5.41, 5.74) is 4.19. The lowest BCUT2D eigenvalue weighted by molar-refractivity contribution is 0.0953. The molecule has 0 saturated carbocycles. The minimum absolute atomic E-state index is 0.122. The highest BCUT2D eigenvalue weighted by molar-refractivity contribution is 5.99. The summed E-state index contributed by atoms with van der Waals surface area (Å²) in [6, 6.07) is 21.6. The number of para-hydroxylation sites is 1. The van der Waals surface area contributed by atoms with Crippen LogP contribution >= 0.6 is 0 Å². The molecule has 6 heteroatoms. The Balaban J connectivity index is 1.52. The van der Waals surface area contributed by atoms with Crippen molar-refractivity contribution < 1.29 is 4.79 Å². The molecule has 2 aromatic carbocycles. The van der Waals surface area contributed by atoms with E-state index in [1.165, 1.54) is 0 Å². The molecule has 0 fully saturated rings. The van der Waals surface area contributed by atoms with Crippen LogP contribution in [0.2, 0.25) is 0 Å². The van der Waals surface area contributed by atoms with E-state index in [2.05, 4.69) is 10.4 Å². The highest BCUT2D eigenvalue weighted by atomic mass is 16.1. The van der Waals surface area contributed by atoms with Crippen LogP contribution in [0.5, 0.6) is 0 Å². The molecule has 4 aromatic rings. The van der Waals surface area contributed by atoms with Crippen LogP contribution < -0.4 is 5.32 Å². The number of amides is 1. The monoisotopic (exact) mass is 385 g/mol. The van der Waals surface area contributed by atoms with Crippen molar-refractivity contribution in [2.45, 2.75) is 19.9 Å². The number of aromatic nitrogens is 4. The van der Waals surface area contributed by atoms with Crippen molar-refractivity contribution in [3.63, 3.8) is 0 Å². The maximum atomic E-state index is 12.9. The molecule has 1 N–H and O–H groups in total. The summed E-state index contributed by atoms with van der Waals surface area (Å²) in [5.74, 6) is -0.122. The summed E-state index contributed by atoms with van der Waals surface area (Å²) >= 11 is 0. The summed E-state index contributed by atoms with van der Waals surface area (Å²) in [4.78, 5) is 12.9. The molecule has 1 amide bonds. The second kappa shape index (κ2) is 8.56. The predicted octanol–water partition coefficient (Wildman–Crippen LogP) is 3.86. The Morgan fingerprint density at radius 2 is 1.72 bits per heavy atom. The van der Waals surface area contributed by atoms with Gasteiger partial charge < -0.3 is 5.32 Å². The largest absolute Gasteiger partial charge is 0.352 e. The number of carbonyl (C=O) groups excluding carboxylic acids is 1. The second-order valence-corrected chi connectivity index (χ2v) is 6.84. The van der Waals surface area contributed by atoms with E-state index in [9.17, 15) is 4.79 Å². The van der Waals surface area contributed by atoms with Gasteiger partial charge in [0.2, 0.25) is 0 Å².